The minimum absolute atomic E-state index is 0.114. The highest BCUT2D eigenvalue weighted by Crippen LogP contribution is 2.34. The van der Waals surface area contributed by atoms with Gasteiger partial charge < -0.3 is 19.1 Å². The molecule has 1 amide bonds. The maximum absolute atomic E-state index is 13.5. The van der Waals surface area contributed by atoms with Crippen LogP contribution >= 0.6 is 0 Å². The molecule has 0 unspecified atom stereocenters. The molecule has 0 spiro atoms. The van der Waals surface area contributed by atoms with Crippen LogP contribution in [-0.2, 0) is 6.54 Å². The van der Waals surface area contributed by atoms with Gasteiger partial charge in [-0.2, -0.15) is 0 Å². The van der Waals surface area contributed by atoms with Crippen molar-refractivity contribution in [2.45, 2.75) is 39.8 Å². The number of carbonyl (C=O) groups excluding carboxylic acids is 1. The predicted octanol–water partition coefficient (Wildman–Crippen LogP) is 4.39. The van der Waals surface area contributed by atoms with Crippen molar-refractivity contribution in [1.29, 1.82) is 0 Å². The molecule has 2 aromatic carbocycles. The molecule has 2 aliphatic heterocycles. The average molecular weight is 404 g/mol. The van der Waals surface area contributed by atoms with Gasteiger partial charge in [0, 0.05) is 37.3 Å². The summed E-state index contributed by atoms with van der Waals surface area (Å²) >= 11 is 0. The van der Waals surface area contributed by atoms with Gasteiger partial charge in [0.15, 0.2) is 0 Å². The summed E-state index contributed by atoms with van der Waals surface area (Å²) in [5.74, 6) is 1.03. The number of carbonyl (C=O) groups is 1. The molecule has 2 aliphatic rings. The first-order valence-electron chi connectivity index (χ1n) is 11.0. The molecule has 5 heteroatoms. The molecule has 1 saturated heterocycles. The van der Waals surface area contributed by atoms with Gasteiger partial charge >= 0.3 is 0 Å². The molecule has 0 bridgehead atoms. The summed E-state index contributed by atoms with van der Waals surface area (Å²) in [6.07, 6.45) is 1.04. The molecule has 5 rings (SSSR count). The Hall–Kier alpha value is -2.95. The fourth-order valence-electron chi connectivity index (χ4n) is 4.76. The van der Waals surface area contributed by atoms with Gasteiger partial charge in [-0.05, 0) is 49.6 Å². The molecule has 0 saturated carbocycles. The molecular formula is C25H29N3O2. The number of para-hydroxylation sites is 1. The summed E-state index contributed by atoms with van der Waals surface area (Å²) in [6.45, 7) is 10.4. The SMILES string of the molecule is CC[C@@H]1Cn2c(C(=O)N3CCN(c4cc(C)ccc4C)CC3)cc3cccc(c32)O1. The Kier molecular flexibility index (Phi) is 4.69. The Bertz CT molecular complexity index is 1110. The molecular weight excluding hydrogens is 374 g/mol. The first-order chi connectivity index (χ1) is 14.5. The lowest BCUT2D eigenvalue weighted by Crippen LogP contribution is -2.49. The minimum atomic E-state index is 0.114. The van der Waals surface area contributed by atoms with Crippen LogP contribution in [0.3, 0.4) is 0 Å². The van der Waals surface area contributed by atoms with Gasteiger partial charge in [0.1, 0.15) is 17.5 Å². The van der Waals surface area contributed by atoms with Gasteiger partial charge in [0.25, 0.3) is 5.91 Å². The number of hydrogen-bond acceptors (Lipinski definition) is 3. The molecule has 1 fully saturated rings. The van der Waals surface area contributed by atoms with Crippen LogP contribution in [0.25, 0.3) is 10.9 Å². The van der Waals surface area contributed by atoms with E-state index in [1.54, 1.807) is 0 Å². The third kappa shape index (κ3) is 3.13. The number of aryl methyl sites for hydroxylation is 2. The maximum atomic E-state index is 13.5. The smallest absolute Gasteiger partial charge is 0.270 e. The number of benzene rings is 2. The van der Waals surface area contributed by atoms with Crippen LogP contribution in [0.15, 0.2) is 42.5 Å². The van der Waals surface area contributed by atoms with Gasteiger partial charge in [-0.25, -0.2) is 0 Å². The highest BCUT2D eigenvalue weighted by atomic mass is 16.5. The maximum Gasteiger partial charge on any atom is 0.270 e. The van der Waals surface area contributed by atoms with Crippen molar-refractivity contribution in [3.05, 3.63) is 59.3 Å². The number of amides is 1. The van der Waals surface area contributed by atoms with E-state index in [1.807, 2.05) is 23.1 Å². The number of aromatic nitrogens is 1. The molecule has 5 nitrogen and oxygen atoms in total. The summed E-state index contributed by atoms with van der Waals surface area (Å²) < 4.78 is 8.31. The zero-order valence-corrected chi connectivity index (χ0v) is 18.0. The van der Waals surface area contributed by atoms with E-state index in [-0.39, 0.29) is 12.0 Å². The zero-order chi connectivity index (χ0) is 20.8. The highest BCUT2D eigenvalue weighted by Gasteiger charge is 2.29. The minimum Gasteiger partial charge on any atom is -0.486 e. The van der Waals surface area contributed by atoms with Crippen molar-refractivity contribution in [2.75, 3.05) is 31.1 Å². The number of piperazine rings is 1. The van der Waals surface area contributed by atoms with Crippen molar-refractivity contribution in [3.8, 4) is 5.75 Å². The lowest BCUT2D eigenvalue weighted by Gasteiger charge is -2.37. The molecule has 156 valence electrons. The van der Waals surface area contributed by atoms with E-state index in [0.717, 1.165) is 61.5 Å². The Morgan fingerprint density at radius 2 is 1.87 bits per heavy atom. The summed E-state index contributed by atoms with van der Waals surface area (Å²) in [4.78, 5) is 17.9. The van der Waals surface area contributed by atoms with E-state index in [2.05, 4.69) is 54.5 Å². The van der Waals surface area contributed by atoms with Crippen LogP contribution in [-0.4, -0.2) is 47.7 Å². The Labute approximate surface area is 177 Å². The van der Waals surface area contributed by atoms with E-state index in [4.69, 9.17) is 4.74 Å². The summed E-state index contributed by atoms with van der Waals surface area (Å²) in [6, 6.07) is 14.7. The molecule has 0 aliphatic carbocycles. The largest absolute Gasteiger partial charge is 0.486 e. The fourth-order valence-corrected chi connectivity index (χ4v) is 4.76. The Morgan fingerprint density at radius 3 is 2.63 bits per heavy atom. The van der Waals surface area contributed by atoms with E-state index in [9.17, 15) is 4.79 Å². The average Bonchev–Trinajstić information content (AvgIpc) is 3.15. The third-order valence-electron chi connectivity index (χ3n) is 6.51. The Morgan fingerprint density at radius 1 is 1.07 bits per heavy atom. The second-order valence-corrected chi connectivity index (χ2v) is 8.55. The van der Waals surface area contributed by atoms with Crippen molar-refractivity contribution in [2.24, 2.45) is 0 Å². The van der Waals surface area contributed by atoms with E-state index >= 15 is 0 Å². The van der Waals surface area contributed by atoms with E-state index in [0.29, 0.717) is 0 Å². The van der Waals surface area contributed by atoms with Crippen LogP contribution in [0.4, 0.5) is 5.69 Å². The van der Waals surface area contributed by atoms with Gasteiger partial charge in [0.05, 0.1) is 12.1 Å². The lowest BCUT2D eigenvalue weighted by atomic mass is 10.1. The molecule has 0 radical (unpaired) electrons. The third-order valence-corrected chi connectivity index (χ3v) is 6.51. The number of ether oxygens (including phenoxy) is 1. The van der Waals surface area contributed by atoms with Gasteiger partial charge in [0.2, 0.25) is 0 Å². The van der Waals surface area contributed by atoms with Crippen molar-refractivity contribution < 1.29 is 9.53 Å². The summed E-state index contributed by atoms with van der Waals surface area (Å²) in [7, 11) is 0. The monoisotopic (exact) mass is 403 g/mol. The zero-order valence-electron chi connectivity index (χ0n) is 18.0. The number of hydrogen-bond donors (Lipinski definition) is 0. The van der Waals surface area contributed by atoms with Crippen LogP contribution in [0.1, 0.15) is 35.0 Å². The fraction of sp³-hybridized carbons (Fsp3) is 0.400. The topological polar surface area (TPSA) is 37.7 Å². The molecule has 0 N–H and O–H groups in total. The van der Waals surface area contributed by atoms with Gasteiger partial charge in [-0.15, -0.1) is 0 Å². The standard InChI is InChI=1S/C25H29N3O2/c1-4-20-16-28-22(15-19-6-5-7-23(30-20)24(19)28)25(29)27-12-10-26(11-13-27)21-14-17(2)8-9-18(21)3/h5-9,14-15,20H,4,10-13,16H2,1-3H3/t20-/m1/s1. The summed E-state index contributed by atoms with van der Waals surface area (Å²) in [5.41, 5.74) is 5.70. The first-order valence-corrected chi connectivity index (χ1v) is 11.0. The van der Waals surface area contributed by atoms with Gasteiger partial charge in [-0.1, -0.05) is 31.2 Å². The first kappa shape index (κ1) is 19.0. The normalized spacial score (nSPS) is 18.6. The molecule has 1 aromatic heterocycles. The quantitative estimate of drug-likeness (QED) is 0.651. The Balaban J connectivity index is 1.39. The second kappa shape index (κ2) is 7.38. The number of anilines is 1. The van der Waals surface area contributed by atoms with Crippen LogP contribution in [0.5, 0.6) is 5.75 Å². The van der Waals surface area contributed by atoms with E-state index < -0.39 is 0 Å². The van der Waals surface area contributed by atoms with Crippen LogP contribution in [0, 0.1) is 13.8 Å². The highest BCUT2D eigenvalue weighted by molar-refractivity contribution is 6.00. The van der Waals surface area contributed by atoms with Crippen molar-refractivity contribution in [3.63, 3.8) is 0 Å². The molecule has 3 aromatic rings. The molecule has 1 atom stereocenters. The number of rotatable bonds is 3. The van der Waals surface area contributed by atoms with Crippen molar-refractivity contribution >= 4 is 22.5 Å². The molecule has 30 heavy (non-hydrogen) atoms. The number of nitrogens with zero attached hydrogens (tertiary/aromatic N) is 3. The van der Waals surface area contributed by atoms with Crippen LogP contribution in [0.2, 0.25) is 0 Å². The summed E-state index contributed by atoms with van der Waals surface area (Å²) in [5, 5.41) is 1.08. The van der Waals surface area contributed by atoms with Gasteiger partial charge in [-0.3, -0.25) is 4.79 Å². The second-order valence-electron chi connectivity index (χ2n) is 8.55. The van der Waals surface area contributed by atoms with E-state index in [1.165, 1.54) is 16.8 Å². The predicted molar refractivity (Wildman–Crippen MR) is 121 cm³/mol. The van der Waals surface area contributed by atoms with Crippen LogP contribution < -0.4 is 9.64 Å². The van der Waals surface area contributed by atoms with Crippen molar-refractivity contribution in [1.82, 2.24) is 9.47 Å². The molecule has 3 heterocycles. The lowest BCUT2D eigenvalue weighted by molar-refractivity contribution is 0.0730.